The highest BCUT2D eigenvalue weighted by Crippen LogP contribution is 2.21. The first-order valence-electron chi connectivity index (χ1n) is 5.61. The smallest absolute Gasteiger partial charge is 0.138 e. The van der Waals surface area contributed by atoms with Crippen LogP contribution in [0.25, 0.3) is 22.4 Å². The lowest BCUT2D eigenvalue weighted by Crippen LogP contribution is -1.84. The number of aromatic nitrogens is 3. The molecule has 0 spiro atoms. The van der Waals surface area contributed by atoms with Crippen LogP contribution in [0, 0.1) is 13.8 Å². The molecule has 0 aliphatic carbocycles. The Kier molecular flexibility index (Phi) is 2.18. The van der Waals surface area contributed by atoms with Gasteiger partial charge in [0.25, 0.3) is 0 Å². The van der Waals surface area contributed by atoms with Gasteiger partial charge in [-0.3, -0.25) is 4.98 Å². The van der Waals surface area contributed by atoms with Crippen LogP contribution in [0.2, 0.25) is 0 Å². The van der Waals surface area contributed by atoms with Crippen molar-refractivity contribution < 1.29 is 0 Å². The van der Waals surface area contributed by atoms with E-state index in [9.17, 15) is 0 Å². The molecule has 1 N–H and O–H groups in total. The lowest BCUT2D eigenvalue weighted by molar-refractivity contribution is 1.30. The molecule has 0 saturated heterocycles. The van der Waals surface area contributed by atoms with Crippen molar-refractivity contribution in [2.24, 2.45) is 0 Å². The third-order valence-corrected chi connectivity index (χ3v) is 2.78. The van der Waals surface area contributed by atoms with E-state index in [2.05, 4.69) is 47.0 Å². The number of aryl methyl sites for hydroxylation is 2. The monoisotopic (exact) mass is 223 g/mol. The molecule has 3 nitrogen and oxygen atoms in total. The molecule has 0 saturated carbocycles. The van der Waals surface area contributed by atoms with E-state index in [1.54, 1.807) is 12.4 Å². The number of fused-ring (bicyclic) bond motifs is 1. The predicted octanol–water partition coefficient (Wildman–Crippen LogP) is 3.24. The van der Waals surface area contributed by atoms with E-state index in [4.69, 9.17) is 0 Å². The first-order valence-corrected chi connectivity index (χ1v) is 5.61. The van der Waals surface area contributed by atoms with Crippen molar-refractivity contribution in [3.63, 3.8) is 0 Å². The number of nitrogens with one attached hydrogen (secondary N) is 1. The van der Waals surface area contributed by atoms with Gasteiger partial charge in [-0.05, 0) is 32.0 Å². The number of imidazole rings is 1. The first-order chi connectivity index (χ1) is 8.22. The number of pyridine rings is 1. The minimum Gasteiger partial charge on any atom is -0.337 e. The number of aromatic amines is 1. The Bertz CT molecular complexity index is 630. The van der Waals surface area contributed by atoms with Gasteiger partial charge in [-0.1, -0.05) is 17.2 Å². The van der Waals surface area contributed by atoms with Crippen molar-refractivity contribution in [2.75, 3.05) is 0 Å². The lowest BCUT2D eigenvalue weighted by atomic mass is 10.1. The van der Waals surface area contributed by atoms with Gasteiger partial charge >= 0.3 is 0 Å². The Labute approximate surface area is 99.5 Å². The van der Waals surface area contributed by atoms with Crippen LogP contribution in [-0.4, -0.2) is 15.0 Å². The summed E-state index contributed by atoms with van der Waals surface area (Å²) < 4.78 is 0. The minimum absolute atomic E-state index is 0.903. The van der Waals surface area contributed by atoms with Crippen LogP contribution in [0.5, 0.6) is 0 Å². The van der Waals surface area contributed by atoms with Gasteiger partial charge in [0, 0.05) is 11.8 Å². The highest BCUT2D eigenvalue weighted by Gasteiger charge is 2.05. The van der Waals surface area contributed by atoms with Crippen molar-refractivity contribution in [3.05, 3.63) is 47.8 Å². The Morgan fingerprint density at radius 3 is 2.53 bits per heavy atom. The summed E-state index contributed by atoms with van der Waals surface area (Å²) >= 11 is 0. The van der Waals surface area contributed by atoms with Crippen LogP contribution in [0.3, 0.4) is 0 Å². The van der Waals surface area contributed by atoms with Crippen LogP contribution in [-0.2, 0) is 0 Å². The van der Waals surface area contributed by atoms with Crippen LogP contribution < -0.4 is 0 Å². The molecule has 0 aliphatic heterocycles. The molecule has 0 aliphatic rings. The maximum Gasteiger partial charge on any atom is 0.138 e. The van der Waals surface area contributed by atoms with Gasteiger partial charge in [0.15, 0.2) is 0 Å². The summed E-state index contributed by atoms with van der Waals surface area (Å²) in [7, 11) is 0. The number of benzene rings is 1. The van der Waals surface area contributed by atoms with Crippen LogP contribution in [0.4, 0.5) is 0 Å². The maximum absolute atomic E-state index is 4.57. The van der Waals surface area contributed by atoms with Gasteiger partial charge in [-0.2, -0.15) is 0 Å². The van der Waals surface area contributed by atoms with Gasteiger partial charge in [0.1, 0.15) is 5.82 Å². The van der Waals surface area contributed by atoms with Gasteiger partial charge in [-0.15, -0.1) is 0 Å². The number of hydrogen-bond acceptors (Lipinski definition) is 2. The second-order valence-electron chi connectivity index (χ2n) is 4.35. The van der Waals surface area contributed by atoms with E-state index in [1.807, 2.05) is 6.07 Å². The Morgan fingerprint density at radius 1 is 1.06 bits per heavy atom. The highest BCUT2D eigenvalue weighted by atomic mass is 14.9. The van der Waals surface area contributed by atoms with Crippen molar-refractivity contribution >= 4 is 11.0 Å². The molecule has 3 heteroatoms. The summed E-state index contributed by atoms with van der Waals surface area (Å²) in [5.41, 5.74) is 5.55. The first kappa shape index (κ1) is 10.0. The number of H-pyrrole nitrogens is 1. The molecular weight excluding hydrogens is 210 g/mol. The van der Waals surface area contributed by atoms with E-state index in [-0.39, 0.29) is 0 Å². The summed E-state index contributed by atoms with van der Waals surface area (Å²) in [4.78, 5) is 11.9. The van der Waals surface area contributed by atoms with E-state index in [0.29, 0.717) is 0 Å². The highest BCUT2D eigenvalue weighted by molar-refractivity contribution is 5.78. The summed E-state index contributed by atoms with van der Waals surface area (Å²) in [5, 5.41) is 0. The average Bonchev–Trinajstić information content (AvgIpc) is 2.71. The molecule has 0 bridgehead atoms. The molecule has 84 valence electrons. The molecule has 0 radical (unpaired) electrons. The van der Waals surface area contributed by atoms with Crippen LogP contribution >= 0.6 is 0 Å². The fraction of sp³-hybridized carbons (Fsp3) is 0.143. The van der Waals surface area contributed by atoms with E-state index >= 15 is 0 Å². The normalized spacial score (nSPS) is 10.9. The fourth-order valence-electron chi connectivity index (χ4n) is 2.10. The van der Waals surface area contributed by atoms with Gasteiger partial charge in [0.05, 0.1) is 17.2 Å². The van der Waals surface area contributed by atoms with Gasteiger partial charge in [0.2, 0.25) is 0 Å². The minimum atomic E-state index is 0.903. The zero-order chi connectivity index (χ0) is 11.8. The molecule has 0 amide bonds. The molecule has 0 atom stereocenters. The SMILES string of the molecule is Cc1cc(C)cc(-c2nc3ccncc3[nH]2)c1. The van der Waals surface area contributed by atoms with E-state index in [1.165, 1.54) is 11.1 Å². The van der Waals surface area contributed by atoms with Gasteiger partial charge < -0.3 is 4.98 Å². The summed E-state index contributed by atoms with van der Waals surface area (Å²) in [6.45, 7) is 4.20. The number of hydrogen-bond donors (Lipinski definition) is 1. The lowest BCUT2D eigenvalue weighted by Gasteiger charge is -2.01. The zero-order valence-corrected chi connectivity index (χ0v) is 9.86. The topological polar surface area (TPSA) is 41.6 Å². The molecule has 3 rings (SSSR count). The average molecular weight is 223 g/mol. The second kappa shape index (κ2) is 3.70. The molecule has 2 aromatic heterocycles. The summed E-state index contributed by atoms with van der Waals surface area (Å²) in [6, 6.07) is 8.35. The Hall–Kier alpha value is -2.16. The van der Waals surface area contributed by atoms with Crippen molar-refractivity contribution in [2.45, 2.75) is 13.8 Å². The molecule has 3 aromatic rings. The maximum atomic E-state index is 4.57. The number of nitrogens with zero attached hydrogens (tertiary/aromatic N) is 2. The largest absolute Gasteiger partial charge is 0.337 e. The fourth-order valence-corrected chi connectivity index (χ4v) is 2.10. The molecular formula is C14H13N3. The summed E-state index contributed by atoms with van der Waals surface area (Å²) in [6.07, 6.45) is 3.56. The van der Waals surface area contributed by atoms with E-state index < -0.39 is 0 Å². The third-order valence-electron chi connectivity index (χ3n) is 2.78. The molecule has 0 unspecified atom stereocenters. The third kappa shape index (κ3) is 1.80. The second-order valence-corrected chi connectivity index (χ2v) is 4.35. The van der Waals surface area contributed by atoms with Gasteiger partial charge in [-0.25, -0.2) is 4.98 Å². The van der Waals surface area contributed by atoms with Crippen molar-refractivity contribution in [3.8, 4) is 11.4 Å². The zero-order valence-electron chi connectivity index (χ0n) is 9.86. The molecule has 1 aromatic carbocycles. The molecule has 0 fully saturated rings. The quantitative estimate of drug-likeness (QED) is 0.688. The van der Waals surface area contributed by atoms with Crippen molar-refractivity contribution in [1.29, 1.82) is 0 Å². The number of rotatable bonds is 1. The summed E-state index contributed by atoms with van der Waals surface area (Å²) in [5.74, 6) is 0.903. The van der Waals surface area contributed by atoms with Crippen LogP contribution in [0.1, 0.15) is 11.1 Å². The molecule has 17 heavy (non-hydrogen) atoms. The predicted molar refractivity (Wildman–Crippen MR) is 68.8 cm³/mol. The Balaban J connectivity index is 2.20. The van der Waals surface area contributed by atoms with Crippen LogP contribution in [0.15, 0.2) is 36.7 Å². The Morgan fingerprint density at radius 2 is 1.82 bits per heavy atom. The standard InChI is InChI=1S/C14H13N3/c1-9-5-10(2)7-11(6-9)14-16-12-3-4-15-8-13(12)17-14/h3-8H,1-2H3,(H,16,17). The molecule has 2 heterocycles. The van der Waals surface area contributed by atoms with Crippen molar-refractivity contribution in [1.82, 2.24) is 15.0 Å². The van der Waals surface area contributed by atoms with E-state index in [0.717, 1.165) is 22.4 Å².